The van der Waals surface area contributed by atoms with Gasteiger partial charge in [-0.3, -0.25) is 0 Å². The first-order valence-corrected chi connectivity index (χ1v) is 4.33. The number of thioether (sulfide) groups is 1. The third kappa shape index (κ3) is 2.06. The third-order valence-corrected chi connectivity index (χ3v) is 2.45. The molecule has 1 fully saturated rings. The van der Waals surface area contributed by atoms with Crippen LogP contribution in [0.3, 0.4) is 0 Å². The summed E-state index contributed by atoms with van der Waals surface area (Å²) < 4.78 is 4.49. The van der Waals surface area contributed by atoms with Crippen molar-refractivity contribution in [3.8, 4) is 0 Å². The normalized spacial score (nSPS) is 21.5. The van der Waals surface area contributed by atoms with Crippen molar-refractivity contribution in [3.63, 3.8) is 0 Å². The van der Waals surface area contributed by atoms with Gasteiger partial charge >= 0.3 is 5.97 Å². The van der Waals surface area contributed by atoms with Crippen molar-refractivity contribution >= 4 is 17.7 Å². The van der Waals surface area contributed by atoms with Gasteiger partial charge in [-0.25, -0.2) is 4.79 Å². The van der Waals surface area contributed by atoms with Crippen LogP contribution in [0.5, 0.6) is 0 Å². The summed E-state index contributed by atoms with van der Waals surface area (Å²) in [4.78, 5) is 10.7. The van der Waals surface area contributed by atoms with Gasteiger partial charge < -0.3 is 4.74 Å². The predicted octanol–water partition coefficient (Wildman–Crippen LogP) is 1.22. The number of hydrogen-bond acceptors (Lipinski definition) is 3. The average molecular weight is 158 g/mol. The summed E-state index contributed by atoms with van der Waals surface area (Å²) in [7, 11) is 1.40. The smallest absolute Gasteiger partial charge is 0.330 e. The molecule has 0 atom stereocenters. The molecule has 0 bridgehead atoms. The molecule has 56 valence electrons. The second-order valence-electron chi connectivity index (χ2n) is 2.13. The minimum atomic E-state index is -0.225. The maximum absolute atomic E-state index is 10.7. The van der Waals surface area contributed by atoms with E-state index in [0.717, 1.165) is 17.9 Å². The van der Waals surface area contributed by atoms with Crippen molar-refractivity contribution in [3.05, 3.63) is 11.6 Å². The van der Waals surface area contributed by atoms with E-state index in [1.807, 2.05) is 11.8 Å². The van der Waals surface area contributed by atoms with Crippen LogP contribution in [0.1, 0.15) is 6.42 Å². The second kappa shape index (κ2) is 3.66. The fourth-order valence-corrected chi connectivity index (χ4v) is 1.86. The lowest BCUT2D eigenvalue weighted by atomic mass is 10.2. The highest BCUT2D eigenvalue weighted by atomic mass is 32.2. The Bertz CT molecular complexity index is 155. The van der Waals surface area contributed by atoms with E-state index in [1.165, 1.54) is 12.7 Å². The number of rotatable bonds is 1. The molecule has 0 saturated carbocycles. The zero-order valence-corrected chi connectivity index (χ0v) is 6.74. The van der Waals surface area contributed by atoms with Crippen LogP contribution in [0, 0.1) is 0 Å². The Balaban J connectivity index is 2.45. The standard InChI is InChI=1S/C7H10O2S/c1-9-7(8)4-6-2-3-10-5-6/h4H,2-3,5H2,1H3/b6-4-. The van der Waals surface area contributed by atoms with Crippen molar-refractivity contribution in [1.29, 1.82) is 0 Å². The van der Waals surface area contributed by atoms with Crippen LogP contribution >= 0.6 is 11.8 Å². The predicted molar refractivity (Wildman–Crippen MR) is 42.0 cm³/mol. The van der Waals surface area contributed by atoms with Crippen LogP contribution in [-0.4, -0.2) is 24.6 Å². The van der Waals surface area contributed by atoms with Crippen molar-refractivity contribution in [2.45, 2.75) is 6.42 Å². The molecule has 3 heteroatoms. The number of hydrogen-bond donors (Lipinski definition) is 0. The third-order valence-electron chi connectivity index (χ3n) is 1.38. The molecule has 0 aromatic rings. The molecule has 1 heterocycles. The molecule has 1 rings (SSSR count). The van der Waals surface area contributed by atoms with Crippen molar-refractivity contribution in [1.82, 2.24) is 0 Å². The highest BCUT2D eigenvalue weighted by Crippen LogP contribution is 2.22. The van der Waals surface area contributed by atoms with Gasteiger partial charge in [-0.2, -0.15) is 11.8 Å². The summed E-state index contributed by atoms with van der Waals surface area (Å²) in [6.07, 6.45) is 2.64. The Hall–Kier alpha value is -0.440. The van der Waals surface area contributed by atoms with Crippen LogP contribution in [0.4, 0.5) is 0 Å². The molecule has 0 unspecified atom stereocenters. The number of carbonyl (C=O) groups excluding carboxylic acids is 1. The number of ether oxygens (including phenoxy) is 1. The van der Waals surface area contributed by atoms with Crippen LogP contribution in [0.15, 0.2) is 11.6 Å². The van der Waals surface area contributed by atoms with E-state index in [0.29, 0.717) is 0 Å². The van der Waals surface area contributed by atoms with Gasteiger partial charge in [0, 0.05) is 11.8 Å². The van der Waals surface area contributed by atoms with Crippen LogP contribution < -0.4 is 0 Å². The quantitative estimate of drug-likeness (QED) is 0.424. The summed E-state index contributed by atoms with van der Waals surface area (Å²) in [6, 6.07) is 0. The molecule has 1 aliphatic heterocycles. The molecule has 0 aromatic carbocycles. The molecule has 0 N–H and O–H groups in total. The first kappa shape index (κ1) is 7.66. The van der Waals surface area contributed by atoms with E-state index in [9.17, 15) is 4.79 Å². The van der Waals surface area contributed by atoms with Crippen molar-refractivity contribution < 1.29 is 9.53 Å². The molecule has 2 nitrogen and oxygen atoms in total. The van der Waals surface area contributed by atoms with Gasteiger partial charge in [0.2, 0.25) is 0 Å². The molecule has 10 heavy (non-hydrogen) atoms. The van der Waals surface area contributed by atoms with Crippen molar-refractivity contribution in [2.75, 3.05) is 18.6 Å². The lowest BCUT2D eigenvalue weighted by Gasteiger charge is -1.92. The van der Waals surface area contributed by atoms with E-state index >= 15 is 0 Å². The minimum Gasteiger partial charge on any atom is -0.466 e. The van der Waals surface area contributed by atoms with E-state index in [2.05, 4.69) is 4.74 Å². The zero-order chi connectivity index (χ0) is 7.40. The fourth-order valence-electron chi connectivity index (χ4n) is 0.818. The first-order chi connectivity index (χ1) is 4.83. The number of esters is 1. The van der Waals surface area contributed by atoms with E-state index in [4.69, 9.17) is 0 Å². The fraction of sp³-hybridized carbons (Fsp3) is 0.571. The maximum atomic E-state index is 10.7. The monoisotopic (exact) mass is 158 g/mol. The topological polar surface area (TPSA) is 26.3 Å². The average Bonchev–Trinajstić information content (AvgIpc) is 2.40. The van der Waals surface area contributed by atoms with Crippen LogP contribution in [-0.2, 0) is 9.53 Å². The van der Waals surface area contributed by atoms with Gasteiger partial charge in [-0.15, -0.1) is 0 Å². The molecule has 1 aliphatic rings. The molecule has 0 amide bonds. The molecular weight excluding hydrogens is 148 g/mol. The van der Waals surface area contributed by atoms with Crippen molar-refractivity contribution in [2.24, 2.45) is 0 Å². The zero-order valence-electron chi connectivity index (χ0n) is 5.92. The van der Waals surface area contributed by atoms with Gasteiger partial charge in [0.15, 0.2) is 0 Å². The summed E-state index contributed by atoms with van der Waals surface area (Å²) in [5.74, 6) is 1.91. The van der Waals surface area contributed by atoms with E-state index in [1.54, 1.807) is 6.08 Å². The Morgan fingerprint density at radius 1 is 1.80 bits per heavy atom. The maximum Gasteiger partial charge on any atom is 0.330 e. The van der Waals surface area contributed by atoms with Gasteiger partial charge in [-0.05, 0) is 12.2 Å². The largest absolute Gasteiger partial charge is 0.466 e. The molecule has 1 saturated heterocycles. The molecule has 0 aliphatic carbocycles. The summed E-state index contributed by atoms with van der Waals surface area (Å²) in [6.45, 7) is 0. The lowest BCUT2D eigenvalue weighted by Crippen LogP contribution is -1.96. The number of carbonyl (C=O) groups is 1. The summed E-state index contributed by atoms with van der Waals surface area (Å²) >= 11 is 1.86. The van der Waals surface area contributed by atoms with E-state index < -0.39 is 0 Å². The Morgan fingerprint density at radius 2 is 2.60 bits per heavy atom. The Morgan fingerprint density at radius 3 is 3.10 bits per heavy atom. The van der Waals surface area contributed by atoms with Gasteiger partial charge in [0.05, 0.1) is 7.11 Å². The van der Waals surface area contributed by atoms with Gasteiger partial charge in [0.25, 0.3) is 0 Å². The van der Waals surface area contributed by atoms with Gasteiger partial charge in [-0.1, -0.05) is 5.57 Å². The van der Waals surface area contributed by atoms with Gasteiger partial charge in [0.1, 0.15) is 0 Å². The van der Waals surface area contributed by atoms with Crippen LogP contribution in [0.2, 0.25) is 0 Å². The minimum absolute atomic E-state index is 0.225. The first-order valence-electron chi connectivity index (χ1n) is 3.18. The summed E-state index contributed by atoms with van der Waals surface area (Å²) in [5.41, 5.74) is 1.21. The molecule has 0 radical (unpaired) electrons. The van der Waals surface area contributed by atoms with Crippen LogP contribution in [0.25, 0.3) is 0 Å². The summed E-state index contributed by atoms with van der Waals surface area (Å²) in [5, 5.41) is 0. The SMILES string of the molecule is COC(=O)/C=C1/CCSC1. The highest BCUT2D eigenvalue weighted by Gasteiger charge is 2.08. The Kier molecular flexibility index (Phi) is 2.81. The molecule has 0 aromatic heterocycles. The Labute approximate surface area is 64.6 Å². The second-order valence-corrected chi connectivity index (χ2v) is 3.23. The molecule has 0 spiro atoms. The highest BCUT2D eigenvalue weighted by molar-refractivity contribution is 7.99. The molecular formula is C7H10O2S. The number of methoxy groups -OCH3 is 1. The van der Waals surface area contributed by atoms with E-state index in [-0.39, 0.29) is 5.97 Å². The lowest BCUT2D eigenvalue weighted by molar-refractivity contribution is -0.134.